The number of piperazine rings is 1. The van der Waals surface area contributed by atoms with Crippen molar-refractivity contribution in [2.75, 3.05) is 32.8 Å². The van der Waals surface area contributed by atoms with Crippen LogP contribution in [0.4, 0.5) is 4.79 Å². The normalized spacial score (nSPS) is 19.4. The molecule has 226 valence electrons. The molecular weight excluding hydrogens is 555 g/mol. The van der Waals surface area contributed by atoms with Crippen LogP contribution in [0, 0.1) is 20.8 Å². The predicted molar refractivity (Wildman–Crippen MR) is 176 cm³/mol. The lowest BCUT2D eigenvalue weighted by atomic mass is 9.71. The number of fused-ring (bicyclic) bond motifs is 3. The lowest BCUT2D eigenvalue weighted by Crippen LogP contribution is -2.49. The molecule has 6 rings (SSSR count). The van der Waals surface area contributed by atoms with E-state index in [9.17, 15) is 4.79 Å². The van der Waals surface area contributed by atoms with E-state index in [2.05, 4.69) is 102 Å². The minimum Gasteiger partial charge on any atom is -0.448 e. The summed E-state index contributed by atoms with van der Waals surface area (Å²) in [7, 11) is -0.430. The number of hydrogen-bond acceptors (Lipinski definition) is 6. The van der Waals surface area contributed by atoms with E-state index in [1.165, 1.54) is 38.9 Å². The molecule has 2 fully saturated rings. The number of rotatable bonds is 5. The van der Waals surface area contributed by atoms with Crippen LogP contribution in [0.1, 0.15) is 67.0 Å². The van der Waals surface area contributed by atoms with Crippen molar-refractivity contribution in [2.45, 2.75) is 77.0 Å². The third-order valence-electron chi connectivity index (χ3n) is 10.3. The summed E-state index contributed by atoms with van der Waals surface area (Å²) in [6, 6.07) is 16.9. The number of carbonyl (C=O) groups is 1. The van der Waals surface area contributed by atoms with Crippen molar-refractivity contribution in [1.82, 2.24) is 9.80 Å². The van der Waals surface area contributed by atoms with Gasteiger partial charge in [0.2, 0.25) is 0 Å². The first-order chi connectivity index (χ1) is 20.4. The fourth-order valence-electron chi connectivity index (χ4n) is 6.83. The Balaban J connectivity index is 1.10. The van der Waals surface area contributed by atoms with Crippen LogP contribution in [-0.2, 0) is 20.6 Å². The molecule has 0 bridgehead atoms. The van der Waals surface area contributed by atoms with Gasteiger partial charge in [-0.2, -0.15) is 0 Å². The molecule has 0 radical (unpaired) electrons. The van der Waals surface area contributed by atoms with Gasteiger partial charge in [-0.25, -0.2) is 4.79 Å². The van der Waals surface area contributed by atoms with Gasteiger partial charge in [-0.05, 0) is 98.4 Å². The van der Waals surface area contributed by atoms with E-state index < -0.39 is 18.3 Å². The van der Waals surface area contributed by atoms with Crippen LogP contribution >= 0.6 is 12.6 Å². The number of thiol groups is 1. The largest absolute Gasteiger partial charge is 0.495 e. The van der Waals surface area contributed by atoms with Gasteiger partial charge in [0.05, 0.1) is 11.2 Å². The molecule has 0 spiro atoms. The molecule has 43 heavy (non-hydrogen) atoms. The maximum atomic E-state index is 13.2. The number of hydrogen-bond donors (Lipinski definition) is 1. The fourth-order valence-corrected chi connectivity index (χ4v) is 7.08. The van der Waals surface area contributed by atoms with Crippen LogP contribution in [0.5, 0.6) is 0 Å². The molecule has 6 nitrogen and oxygen atoms in total. The number of carbonyl (C=O) groups excluding carboxylic acids is 1. The van der Waals surface area contributed by atoms with E-state index in [1.807, 2.05) is 4.90 Å². The van der Waals surface area contributed by atoms with Crippen LogP contribution in [-0.4, -0.2) is 67.0 Å². The lowest BCUT2D eigenvalue weighted by Gasteiger charge is -2.35. The summed E-state index contributed by atoms with van der Waals surface area (Å²) in [6.45, 7) is 18.8. The molecule has 0 saturated carbocycles. The molecule has 1 aliphatic carbocycles. The summed E-state index contributed by atoms with van der Waals surface area (Å²) in [6.07, 6.45) is -0.232. The third-order valence-corrected chi connectivity index (χ3v) is 10.9. The second-order valence-electron chi connectivity index (χ2n) is 13.3. The summed E-state index contributed by atoms with van der Waals surface area (Å²) in [5.41, 5.74) is 9.96. The van der Waals surface area contributed by atoms with E-state index in [-0.39, 0.29) is 12.0 Å². The van der Waals surface area contributed by atoms with Gasteiger partial charge in [0.1, 0.15) is 6.61 Å². The zero-order valence-corrected chi connectivity index (χ0v) is 27.4. The highest BCUT2D eigenvalue weighted by molar-refractivity contribution is 7.80. The second-order valence-corrected chi connectivity index (χ2v) is 13.7. The van der Waals surface area contributed by atoms with Gasteiger partial charge >= 0.3 is 13.2 Å². The number of nitrogens with zero attached hydrogens (tertiary/aromatic N) is 2. The van der Waals surface area contributed by atoms with Gasteiger partial charge in [0.15, 0.2) is 0 Å². The first-order valence-electron chi connectivity index (χ1n) is 15.4. The molecule has 8 heteroatoms. The fraction of sp³-hybridized carbons (Fsp3) is 0.457. The molecular formula is C35H43BN2O4S. The Hall–Kier alpha value is -2.78. The average molecular weight is 599 g/mol. The Morgan fingerprint density at radius 3 is 1.95 bits per heavy atom. The van der Waals surface area contributed by atoms with Crippen molar-refractivity contribution in [3.63, 3.8) is 0 Å². The highest BCUT2D eigenvalue weighted by Gasteiger charge is 2.52. The van der Waals surface area contributed by atoms with Crippen LogP contribution in [0.3, 0.4) is 0 Å². The number of ether oxygens (including phenoxy) is 1. The summed E-state index contributed by atoms with van der Waals surface area (Å²) in [5.74, 6) is 0.0683. The maximum absolute atomic E-state index is 13.2. The Kier molecular flexibility index (Phi) is 7.95. The van der Waals surface area contributed by atoms with E-state index in [0.29, 0.717) is 19.7 Å². The van der Waals surface area contributed by atoms with Crippen molar-refractivity contribution in [2.24, 2.45) is 0 Å². The average Bonchev–Trinajstić information content (AvgIpc) is 3.41. The quantitative estimate of drug-likeness (QED) is 0.277. The molecule has 3 aromatic rings. The van der Waals surface area contributed by atoms with E-state index >= 15 is 0 Å². The molecule has 2 saturated heterocycles. The minimum atomic E-state index is -0.430. The topological polar surface area (TPSA) is 51.2 Å². The summed E-state index contributed by atoms with van der Waals surface area (Å²) in [4.78, 5) is 18.4. The van der Waals surface area contributed by atoms with Gasteiger partial charge < -0.3 is 18.9 Å². The van der Waals surface area contributed by atoms with Crippen LogP contribution < -0.4 is 5.46 Å². The smallest absolute Gasteiger partial charge is 0.448 e. The second kappa shape index (κ2) is 11.3. The lowest BCUT2D eigenvalue weighted by molar-refractivity contribution is 0.00578. The molecule has 0 unspecified atom stereocenters. The number of benzene rings is 3. The molecule has 1 amide bonds. The molecule has 0 aromatic heterocycles. The van der Waals surface area contributed by atoms with Gasteiger partial charge in [-0.1, -0.05) is 48.5 Å². The zero-order valence-electron chi connectivity index (χ0n) is 26.5. The van der Waals surface area contributed by atoms with Gasteiger partial charge in [0, 0.05) is 43.5 Å². The third kappa shape index (κ3) is 5.30. The molecule has 2 heterocycles. The monoisotopic (exact) mass is 598 g/mol. The first-order valence-corrected chi connectivity index (χ1v) is 15.8. The highest BCUT2D eigenvalue weighted by atomic mass is 32.1. The van der Waals surface area contributed by atoms with Crippen molar-refractivity contribution >= 4 is 31.3 Å². The molecule has 2 aliphatic heterocycles. The van der Waals surface area contributed by atoms with Gasteiger partial charge in [0.25, 0.3) is 0 Å². The van der Waals surface area contributed by atoms with Crippen molar-refractivity contribution in [3.05, 3.63) is 81.9 Å². The summed E-state index contributed by atoms with van der Waals surface area (Å²) >= 11 is 4.93. The standard InChI is InChI=1S/C35H43BN2O4S/c1-22-29(23(2)32(43)24(3)31(22)36-41-34(4,5)35(6,7)42-36)20-37-16-18-38(19-17-37)33(39)40-21-30-27-14-10-8-12-25(27)26-13-9-11-15-28(26)30/h8-15,30,43H,16-21H2,1-7H3. The van der Waals surface area contributed by atoms with E-state index in [0.717, 1.165) is 35.6 Å². The van der Waals surface area contributed by atoms with Crippen LogP contribution in [0.25, 0.3) is 11.1 Å². The number of amides is 1. The van der Waals surface area contributed by atoms with Crippen LogP contribution in [0.2, 0.25) is 0 Å². The molecule has 0 atom stereocenters. The van der Waals surface area contributed by atoms with Crippen molar-refractivity contribution < 1.29 is 18.8 Å². The minimum absolute atomic E-state index is 0.0683. The van der Waals surface area contributed by atoms with Crippen molar-refractivity contribution in [3.8, 4) is 11.1 Å². The molecule has 3 aromatic carbocycles. The Morgan fingerprint density at radius 1 is 0.860 bits per heavy atom. The SMILES string of the molecule is Cc1c(S)c(C)c(B2OC(C)(C)C(C)(C)O2)c(C)c1CN1CCN(C(=O)OCC2c3ccccc3-c3ccccc32)CC1. The molecule has 0 N–H and O–H groups in total. The summed E-state index contributed by atoms with van der Waals surface area (Å²) in [5, 5.41) is 0. The highest BCUT2D eigenvalue weighted by Crippen LogP contribution is 2.44. The van der Waals surface area contributed by atoms with Gasteiger partial charge in [-0.15, -0.1) is 12.6 Å². The summed E-state index contributed by atoms with van der Waals surface area (Å²) < 4.78 is 18.9. The Bertz CT molecular complexity index is 1500. The predicted octanol–water partition coefficient (Wildman–Crippen LogP) is 6.27. The van der Waals surface area contributed by atoms with Gasteiger partial charge in [-0.3, -0.25) is 4.90 Å². The first kappa shape index (κ1) is 30.3. The Labute approximate surface area is 262 Å². The van der Waals surface area contributed by atoms with E-state index in [1.54, 1.807) is 0 Å². The molecule has 3 aliphatic rings. The Morgan fingerprint density at radius 2 is 1.40 bits per heavy atom. The zero-order chi connectivity index (χ0) is 30.7. The van der Waals surface area contributed by atoms with E-state index in [4.69, 9.17) is 26.7 Å². The van der Waals surface area contributed by atoms with Crippen molar-refractivity contribution in [1.29, 1.82) is 0 Å². The maximum Gasteiger partial charge on any atom is 0.495 e. The van der Waals surface area contributed by atoms with Crippen LogP contribution in [0.15, 0.2) is 53.4 Å².